The zero-order valence-electron chi connectivity index (χ0n) is 15.7. The van der Waals surface area contributed by atoms with Crippen LogP contribution in [0.15, 0.2) is 60.7 Å². The molecule has 2 N–H and O–H groups in total. The van der Waals surface area contributed by atoms with Gasteiger partial charge in [0, 0.05) is 12.1 Å². The van der Waals surface area contributed by atoms with Crippen LogP contribution in [0.3, 0.4) is 0 Å². The lowest BCUT2D eigenvalue weighted by Crippen LogP contribution is -2.45. The first-order valence-corrected chi connectivity index (χ1v) is 9.49. The normalized spacial score (nSPS) is 18.4. The summed E-state index contributed by atoms with van der Waals surface area (Å²) in [6.07, 6.45) is 1.49. The van der Waals surface area contributed by atoms with Crippen LogP contribution in [-0.2, 0) is 6.54 Å². The van der Waals surface area contributed by atoms with E-state index >= 15 is 0 Å². The highest BCUT2D eigenvalue weighted by Crippen LogP contribution is 2.37. The summed E-state index contributed by atoms with van der Waals surface area (Å²) in [6, 6.07) is 18.5. The number of amides is 2. The molecule has 0 atom stereocenters. The van der Waals surface area contributed by atoms with Crippen LogP contribution < -0.4 is 10.6 Å². The van der Waals surface area contributed by atoms with Gasteiger partial charge in [0.15, 0.2) is 0 Å². The summed E-state index contributed by atoms with van der Waals surface area (Å²) in [5, 5.41) is 10.3. The average molecular weight is 378 g/mol. The fraction of sp³-hybridized carbons (Fsp3) is 0.273. The number of benzene rings is 2. The second-order valence-corrected chi connectivity index (χ2v) is 7.30. The van der Waals surface area contributed by atoms with E-state index < -0.39 is 0 Å². The van der Waals surface area contributed by atoms with Crippen molar-refractivity contribution in [3.8, 4) is 0 Å². The minimum atomic E-state index is -0.258. The number of anilines is 1. The van der Waals surface area contributed by atoms with Gasteiger partial charge in [0.05, 0.1) is 12.2 Å². The van der Waals surface area contributed by atoms with Gasteiger partial charge in [-0.05, 0) is 42.9 Å². The molecule has 0 spiro atoms. The van der Waals surface area contributed by atoms with Crippen LogP contribution in [0.4, 0.5) is 15.0 Å². The Morgan fingerprint density at radius 3 is 2.61 bits per heavy atom. The van der Waals surface area contributed by atoms with Crippen LogP contribution >= 0.6 is 0 Å². The average Bonchev–Trinajstić information content (AvgIpc) is 2.98. The quantitative estimate of drug-likeness (QED) is 0.689. The predicted molar refractivity (Wildman–Crippen MR) is 107 cm³/mol. The second-order valence-electron chi connectivity index (χ2n) is 7.30. The molecule has 6 heteroatoms. The number of hydrogen-bond acceptors (Lipinski definition) is 2. The van der Waals surface area contributed by atoms with Crippen LogP contribution in [-0.4, -0.2) is 21.9 Å². The Morgan fingerprint density at radius 1 is 1.14 bits per heavy atom. The van der Waals surface area contributed by atoms with E-state index in [4.69, 9.17) is 0 Å². The molecule has 28 heavy (non-hydrogen) atoms. The van der Waals surface area contributed by atoms with Gasteiger partial charge in [-0.2, -0.15) is 5.10 Å². The van der Waals surface area contributed by atoms with E-state index in [-0.39, 0.29) is 23.8 Å². The molecule has 144 valence electrons. The van der Waals surface area contributed by atoms with Gasteiger partial charge >= 0.3 is 6.03 Å². The van der Waals surface area contributed by atoms with E-state index in [1.54, 1.807) is 10.7 Å². The third kappa shape index (κ3) is 4.06. The van der Waals surface area contributed by atoms with Crippen molar-refractivity contribution in [1.82, 2.24) is 15.1 Å². The fourth-order valence-corrected chi connectivity index (χ4v) is 3.66. The number of halogens is 1. The molecular formula is C22H23FN4O. The lowest BCUT2D eigenvalue weighted by molar-refractivity contribution is 0.232. The third-order valence-corrected chi connectivity index (χ3v) is 5.14. The molecule has 4 rings (SSSR count). The van der Waals surface area contributed by atoms with Crippen molar-refractivity contribution in [3.63, 3.8) is 0 Å². The minimum absolute atomic E-state index is 0.0520. The number of carbonyl (C=O) groups is 1. The van der Waals surface area contributed by atoms with Gasteiger partial charge in [-0.3, -0.25) is 5.32 Å². The van der Waals surface area contributed by atoms with E-state index in [1.807, 2.05) is 55.5 Å². The number of nitrogens with zero attached hydrogens (tertiary/aromatic N) is 2. The smallest absolute Gasteiger partial charge is 0.320 e. The Balaban J connectivity index is 1.33. The fourth-order valence-electron chi connectivity index (χ4n) is 3.66. The highest BCUT2D eigenvalue weighted by Gasteiger charge is 2.33. The third-order valence-electron chi connectivity index (χ3n) is 5.14. The summed E-state index contributed by atoms with van der Waals surface area (Å²) in [5.74, 6) is 0.650. The lowest BCUT2D eigenvalue weighted by Gasteiger charge is -2.36. The first-order chi connectivity index (χ1) is 13.6. The van der Waals surface area contributed by atoms with Crippen molar-refractivity contribution >= 4 is 11.8 Å². The van der Waals surface area contributed by atoms with E-state index in [0.29, 0.717) is 12.4 Å². The molecule has 0 bridgehead atoms. The SMILES string of the molecule is Cc1cc(NC(=O)NC2CC(c3ccccc3F)C2)n(Cc2ccccc2)n1. The molecule has 1 heterocycles. The maximum atomic E-state index is 13.9. The maximum absolute atomic E-state index is 13.9. The van der Waals surface area contributed by atoms with E-state index in [1.165, 1.54) is 6.07 Å². The van der Waals surface area contributed by atoms with Crippen molar-refractivity contribution < 1.29 is 9.18 Å². The van der Waals surface area contributed by atoms with Crippen LogP contribution in [0.1, 0.15) is 35.6 Å². The Morgan fingerprint density at radius 2 is 1.86 bits per heavy atom. The number of aromatic nitrogens is 2. The number of nitrogens with one attached hydrogen (secondary N) is 2. The second kappa shape index (κ2) is 7.84. The van der Waals surface area contributed by atoms with Gasteiger partial charge in [0.2, 0.25) is 0 Å². The summed E-state index contributed by atoms with van der Waals surface area (Å²) in [5.41, 5.74) is 2.69. The largest absolute Gasteiger partial charge is 0.335 e. The molecule has 2 aromatic carbocycles. The molecule has 1 fully saturated rings. The number of carbonyl (C=O) groups excluding carboxylic acids is 1. The van der Waals surface area contributed by atoms with Gasteiger partial charge < -0.3 is 5.32 Å². The summed E-state index contributed by atoms with van der Waals surface area (Å²) in [7, 11) is 0. The molecule has 0 unspecified atom stereocenters. The van der Waals surface area contributed by atoms with Gasteiger partial charge in [-0.25, -0.2) is 13.9 Å². The zero-order chi connectivity index (χ0) is 19.5. The lowest BCUT2D eigenvalue weighted by atomic mass is 9.76. The van der Waals surface area contributed by atoms with E-state index in [9.17, 15) is 9.18 Å². The highest BCUT2D eigenvalue weighted by molar-refractivity contribution is 5.88. The van der Waals surface area contributed by atoms with Crippen molar-refractivity contribution in [1.29, 1.82) is 0 Å². The van der Waals surface area contributed by atoms with Crippen LogP contribution in [0.5, 0.6) is 0 Å². The molecule has 1 aliphatic carbocycles. The Labute approximate surface area is 163 Å². The molecular weight excluding hydrogens is 355 g/mol. The van der Waals surface area contributed by atoms with Crippen LogP contribution in [0, 0.1) is 12.7 Å². The monoisotopic (exact) mass is 378 g/mol. The Kier molecular flexibility index (Phi) is 5.10. The predicted octanol–water partition coefficient (Wildman–Crippen LogP) is 4.45. The minimum Gasteiger partial charge on any atom is -0.335 e. The molecule has 5 nitrogen and oxygen atoms in total. The molecule has 0 radical (unpaired) electrons. The number of rotatable bonds is 5. The maximum Gasteiger partial charge on any atom is 0.320 e. The van der Waals surface area contributed by atoms with Crippen molar-refractivity contribution in [3.05, 3.63) is 83.3 Å². The summed E-state index contributed by atoms with van der Waals surface area (Å²) in [4.78, 5) is 12.4. The number of urea groups is 1. The molecule has 1 saturated carbocycles. The van der Waals surface area contributed by atoms with Gasteiger partial charge in [-0.15, -0.1) is 0 Å². The summed E-state index contributed by atoms with van der Waals surface area (Å²) < 4.78 is 15.6. The summed E-state index contributed by atoms with van der Waals surface area (Å²) in [6.45, 7) is 2.48. The standard InChI is InChI=1S/C22H23FN4O/c1-15-11-21(27(26-15)14-16-7-3-2-4-8-16)25-22(28)24-18-12-17(13-18)19-9-5-6-10-20(19)23/h2-11,17-18H,12-14H2,1H3,(H2,24,25,28). The van der Waals surface area contributed by atoms with Crippen LogP contribution in [0.2, 0.25) is 0 Å². The van der Waals surface area contributed by atoms with Crippen molar-refractivity contribution in [2.24, 2.45) is 0 Å². The topological polar surface area (TPSA) is 59.0 Å². The molecule has 1 aliphatic rings. The Hall–Kier alpha value is -3.15. The first-order valence-electron chi connectivity index (χ1n) is 9.49. The molecule has 2 amide bonds. The van der Waals surface area contributed by atoms with Crippen molar-refractivity contribution in [2.75, 3.05) is 5.32 Å². The molecule has 1 aromatic heterocycles. The molecule has 0 saturated heterocycles. The molecule has 0 aliphatic heterocycles. The van der Waals surface area contributed by atoms with Crippen molar-refractivity contribution in [2.45, 2.75) is 38.3 Å². The highest BCUT2D eigenvalue weighted by atomic mass is 19.1. The molecule has 3 aromatic rings. The first kappa shape index (κ1) is 18.2. The number of aryl methyl sites for hydroxylation is 1. The van der Waals surface area contributed by atoms with Crippen LogP contribution in [0.25, 0.3) is 0 Å². The zero-order valence-corrected chi connectivity index (χ0v) is 15.7. The van der Waals surface area contributed by atoms with Gasteiger partial charge in [0.1, 0.15) is 11.6 Å². The van der Waals surface area contributed by atoms with Gasteiger partial charge in [0.25, 0.3) is 0 Å². The summed E-state index contributed by atoms with van der Waals surface area (Å²) >= 11 is 0. The van der Waals surface area contributed by atoms with E-state index in [2.05, 4.69) is 15.7 Å². The number of hydrogen-bond donors (Lipinski definition) is 2. The Bertz CT molecular complexity index is 964. The van der Waals surface area contributed by atoms with E-state index in [0.717, 1.165) is 29.7 Å². The van der Waals surface area contributed by atoms with Gasteiger partial charge in [-0.1, -0.05) is 48.5 Å².